The SMILES string of the molecule is CCCCC1CN(CC2CCCCC2)C(=O)OC12CCN(C1CCN(C(=O)c3c(F)ccc(C)c3Cl)CC1)CC2. The number of hydrogen-bond donors (Lipinski definition) is 0. The third-order valence-corrected chi connectivity index (χ3v) is 10.7. The second-order valence-electron chi connectivity index (χ2n) is 12.8. The average molecular weight is 576 g/mol. The molecule has 3 saturated heterocycles. The van der Waals surface area contributed by atoms with E-state index >= 15 is 0 Å². The van der Waals surface area contributed by atoms with Crippen LogP contribution in [0.4, 0.5) is 9.18 Å². The maximum Gasteiger partial charge on any atom is 0.410 e. The third kappa shape index (κ3) is 6.30. The average Bonchev–Trinajstić information content (AvgIpc) is 2.97. The van der Waals surface area contributed by atoms with Crippen LogP contribution in [0.5, 0.6) is 0 Å². The highest BCUT2D eigenvalue weighted by Crippen LogP contribution is 2.42. The first kappa shape index (κ1) is 29.6. The molecule has 2 amide bonds. The van der Waals surface area contributed by atoms with Gasteiger partial charge in [-0.25, -0.2) is 9.18 Å². The van der Waals surface area contributed by atoms with Crippen LogP contribution in [0.3, 0.4) is 0 Å². The third-order valence-electron chi connectivity index (χ3n) is 10.3. The van der Waals surface area contributed by atoms with E-state index in [0.29, 0.717) is 36.5 Å². The van der Waals surface area contributed by atoms with E-state index in [1.54, 1.807) is 17.9 Å². The fourth-order valence-electron chi connectivity index (χ4n) is 7.69. The van der Waals surface area contributed by atoms with Crippen molar-refractivity contribution in [3.05, 3.63) is 34.1 Å². The first-order valence-electron chi connectivity index (χ1n) is 15.8. The molecule has 1 aromatic carbocycles. The lowest BCUT2D eigenvalue weighted by molar-refractivity contribution is -0.127. The highest BCUT2D eigenvalue weighted by atomic mass is 35.5. The topological polar surface area (TPSA) is 53.1 Å². The van der Waals surface area contributed by atoms with Crippen LogP contribution in [0.1, 0.15) is 99.9 Å². The Morgan fingerprint density at radius 3 is 2.45 bits per heavy atom. The largest absolute Gasteiger partial charge is 0.442 e. The molecule has 1 spiro atoms. The molecular weight excluding hydrogens is 529 g/mol. The molecule has 0 radical (unpaired) electrons. The van der Waals surface area contributed by atoms with Crippen molar-refractivity contribution in [2.75, 3.05) is 39.3 Å². The van der Waals surface area contributed by atoms with E-state index < -0.39 is 5.82 Å². The number of ether oxygens (including phenoxy) is 1. The molecule has 3 aliphatic heterocycles. The number of carbonyl (C=O) groups excluding carboxylic acids is 2. The highest BCUT2D eigenvalue weighted by molar-refractivity contribution is 6.34. The Kier molecular flexibility index (Phi) is 9.61. The van der Waals surface area contributed by atoms with E-state index in [1.165, 1.54) is 44.6 Å². The molecule has 3 heterocycles. The number of hydrogen-bond acceptors (Lipinski definition) is 4. The summed E-state index contributed by atoms with van der Waals surface area (Å²) in [5.74, 6) is 0.151. The predicted molar refractivity (Wildman–Crippen MR) is 156 cm³/mol. The molecule has 222 valence electrons. The minimum absolute atomic E-state index is 0.00482. The molecule has 1 aliphatic carbocycles. The van der Waals surface area contributed by atoms with Gasteiger partial charge in [0.05, 0.1) is 10.6 Å². The van der Waals surface area contributed by atoms with Gasteiger partial charge in [0, 0.05) is 64.1 Å². The van der Waals surface area contributed by atoms with Gasteiger partial charge in [0.25, 0.3) is 5.91 Å². The van der Waals surface area contributed by atoms with Crippen molar-refractivity contribution in [3.8, 4) is 0 Å². The molecule has 0 N–H and O–H groups in total. The molecule has 1 saturated carbocycles. The van der Waals surface area contributed by atoms with Crippen molar-refractivity contribution in [1.29, 1.82) is 0 Å². The van der Waals surface area contributed by atoms with Gasteiger partial charge in [0.15, 0.2) is 0 Å². The first-order valence-corrected chi connectivity index (χ1v) is 16.1. The van der Waals surface area contributed by atoms with Gasteiger partial charge < -0.3 is 14.5 Å². The minimum Gasteiger partial charge on any atom is -0.442 e. The zero-order chi connectivity index (χ0) is 28.3. The fourth-order valence-corrected chi connectivity index (χ4v) is 7.92. The number of rotatable bonds is 7. The Morgan fingerprint density at radius 1 is 1.07 bits per heavy atom. The predicted octanol–water partition coefficient (Wildman–Crippen LogP) is 7.07. The lowest BCUT2D eigenvalue weighted by Crippen LogP contribution is -2.61. The summed E-state index contributed by atoms with van der Waals surface area (Å²) in [6.07, 6.45) is 13.2. The van der Waals surface area contributed by atoms with Gasteiger partial charge in [-0.15, -0.1) is 0 Å². The molecule has 8 heteroatoms. The van der Waals surface area contributed by atoms with Crippen LogP contribution in [-0.4, -0.2) is 77.6 Å². The Hall–Kier alpha value is -1.86. The molecule has 0 bridgehead atoms. The Bertz CT molecular complexity index is 1050. The summed E-state index contributed by atoms with van der Waals surface area (Å²) < 4.78 is 20.9. The highest BCUT2D eigenvalue weighted by Gasteiger charge is 2.50. The van der Waals surface area contributed by atoms with Crippen molar-refractivity contribution in [2.45, 2.75) is 103 Å². The van der Waals surface area contributed by atoms with Crippen LogP contribution >= 0.6 is 11.6 Å². The van der Waals surface area contributed by atoms with E-state index in [1.807, 2.05) is 4.90 Å². The smallest absolute Gasteiger partial charge is 0.410 e. The van der Waals surface area contributed by atoms with Crippen molar-refractivity contribution >= 4 is 23.6 Å². The molecule has 5 rings (SSSR count). The van der Waals surface area contributed by atoms with Crippen LogP contribution in [0.15, 0.2) is 12.1 Å². The van der Waals surface area contributed by atoms with Gasteiger partial charge in [-0.2, -0.15) is 0 Å². The maximum absolute atomic E-state index is 14.5. The lowest BCUT2D eigenvalue weighted by atomic mass is 9.75. The van der Waals surface area contributed by atoms with E-state index in [4.69, 9.17) is 16.3 Å². The number of unbranched alkanes of at least 4 members (excludes halogenated alkanes) is 1. The van der Waals surface area contributed by atoms with E-state index in [9.17, 15) is 14.0 Å². The number of likely N-dealkylation sites (tertiary alicyclic amines) is 2. The zero-order valence-electron chi connectivity index (χ0n) is 24.4. The number of carbonyl (C=O) groups is 2. The van der Waals surface area contributed by atoms with Gasteiger partial charge in [-0.1, -0.05) is 56.7 Å². The molecule has 4 aliphatic rings. The van der Waals surface area contributed by atoms with Gasteiger partial charge in [-0.05, 0) is 56.6 Å². The van der Waals surface area contributed by atoms with Gasteiger partial charge >= 0.3 is 6.09 Å². The maximum atomic E-state index is 14.5. The van der Waals surface area contributed by atoms with E-state index in [0.717, 1.165) is 64.7 Å². The Labute approximate surface area is 244 Å². The van der Waals surface area contributed by atoms with Crippen molar-refractivity contribution in [1.82, 2.24) is 14.7 Å². The molecular formula is C32H47ClFN3O3. The number of aryl methyl sites for hydroxylation is 1. The van der Waals surface area contributed by atoms with E-state index in [2.05, 4.69) is 11.8 Å². The number of nitrogens with zero attached hydrogens (tertiary/aromatic N) is 3. The summed E-state index contributed by atoms with van der Waals surface area (Å²) in [7, 11) is 0. The summed E-state index contributed by atoms with van der Waals surface area (Å²) in [4.78, 5) is 32.7. The Morgan fingerprint density at radius 2 is 1.77 bits per heavy atom. The molecule has 1 atom stereocenters. The van der Waals surface area contributed by atoms with Crippen molar-refractivity contribution < 1.29 is 18.7 Å². The van der Waals surface area contributed by atoms with Crippen LogP contribution in [0.2, 0.25) is 5.02 Å². The molecule has 4 fully saturated rings. The van der Waals surface area contributed by atoms with Gasteiger partial charge in [0.1, 0.15) is 11.4 Å². The van der Waals surface area contributed by atoms with Crippen LogP contribution in [-0.2, 0) is 4.74 Å². The summed E-state index contributed by atoms with van der Waals surface area (Å²) in [5.41, 5.74) is 0.359. The zero-order valence-corrected chi connectivity index (χ0v) is 25.2. The van der Waals surface area contributed by atoms with Crippen LogP contribution in [0, 0.1) is 24.6 Å². The van der Waals surface area contributed by atoms with Crippen LogP contribution < -0.4 is 0 Å². The van der Waals surface area contributed by atoms with Gasteiger partial charge in [0.2, 0.25) is 0 Å². The second-order valence-corrected chi connectivity index (χ2v) is 13.2. The van der Waals surface area contributed by atoms with Gasteiger partial charge in [-0.3, -0.25) is 9.69 Å². The van der Waals surface area contributed by atoms with Crippen LogP contribution in [0.25, 0.3) is 0 Å². The minimum atomic E-state index is -0.555. The number of halogens is 2. The summed E-state index contributed by atoms with van der Waals surface area (Å²) in [6.45, 7) is 8.75. The van der Waals surface area contributed by atoms with E-state index in [-0.39, 0.29) is 28.2 Å². The normalized spacial score (nSPS) is 24.9. The Balaban J connectivity index is 1.17. The standard InChI is InChI=1S/C32H47ClFN3O3/c1-3-4-10-25-22-37(21-24-8-6-5-7-9-24)31(39)40-32(25)15-19-35(20-16-32)26-13-17-36(18-14-26)30(38)28-27(34)12-11-23(2)29(28)33/h11-12,24-26H,3-10,13-22H2,1-2H3. The molecule has 1 unspecified atom stereocenters. The molecule has 40 heavy (non-hydrogen) atoms. The molecule has 6 nitrogen and oxygen atoms in total. The summed E-state index contributed by atoms with van der Waals surface area (Å²) in [6, 6.07) is 3.32. The second kappa shape index (κ2) is 13.0. The van der Waals surface area contributed by atoms with Crippen molar-refractivity contribution in [3.63, 3.8) is 0 Å². The monoisotopic (exact) mass is 575 g/mol. The molecule has 0 aromatic heterocycles. The number of benzene rings is 1. The lowest BCUT2D eigenvalue weighted by Gasteiger charge is -2.52. The summed E-state index contributed by atoms with van der Waals surface area (Å²) in [5, 5.41) is 0.213. The number of amides is 2. The summed E-state index contributed by atoms with van der Waals surface area (Å²) >= 11 is 6.31. The van der Waals surface area contributed by atoms with Crippen molar-refractivity contribution in [2.24, 2.45) is 11.8 Å². The number of piperidine rings is 2. The quantitative estimate of drug-likeness (QED) is 0.349. The molecule has 1 aromatic rings. The fraction of sp³-hybridized carbons (Fsp3) is 0.750. The first-order chi connectivity index (χ1) is 19.3.